The fourth-order valence-corrected chi connectivity index (χ4v) is 8.42. The lowest BCUT2D eigenvalue weighted by atomic mass is 9.95. The van der Waals surface area contributed by atoms with Crippen molar-refractivity contribution < 1.29 is 36.5 Å². The Labute approximate surface area is 278 Å². The van der Waals surface area contributed by atoms with Gasteiger partial charge in [-0.25, -0.2) is 8.78 Å². The molecule has 2 aromatic heterocycles. The number of aromatic nitrogens is 3. The number of alkyl halides is 3. The van der Waals surface area contributed by atoms with Crippen LogP contribution in [0.1, 0.15) is 44.1 Å². The molecule has 0 saturated carbocycles. The number of rotatable bonds is 7. The van der Waals surface area contributed by atoms with Crippen molar-refractivity contribution in [3.05, 3.63) is 47.7 Å². The number of fused-ring (bicyclic) bond motifs is 5. The molecule has 8 rings (SSSR count). The van der Waals surface area contributed by atoms with Crippen molar-refractivity contribution >= 4 is 27.5 Å². The maximum atomic E-state index is 16.9. The zero-order valence-electron chi connectivity index (χ0n) is 26.4. The Kier molecular flexibility index (Phi) is 7.77. The van der Waals surface area contributed by atoms with E-state index in [1.54, 1.807) is 0 Å². The monoisotopic (exact) mass is 680 g/mol. The van der Waals surface area contributed by atoms with Gasteiger partial charge in [-0.2, -0.15) is 9.97 Å². The van der Waals surface area contributed by atoms with Gasteiger partial charge < -0.3 is 20.1 Å². The van der Waals surface area contributed by atoms with Crippen LogP contribution in [0.2, 0.25) is 0 Å². The average molecular weight is 681 g/mol. The van der Waals surface area contributed by atoms with Crippen LogP contribution in [0.4, 0.5) is 27.8 Å². The zero-order valence-corrected chi connectivity index (χ0v) is 26.4. The predicted octanol–water partition coefficient (Wildman–Crippen LogP) is 5.66. The average Bonchev–Trinajstić information content (AvgIpc) is 3.75. The number of terminal acetylenes is 1. The highest BCUT2D eigenvalue weighted by Crippen LogP contribution is 2.44. The molecule has 4 aliphatic heterocycles. The number of phenolic OH excluding ortho intramolecular Hbond substituents is 1. The third-order valence-electron chi connectivity index (χ3n) is 10.6. The van der Waals surface area contributed by atoms with Gasteiger partial charge in [-0.3, -0.25) is 14.6 Å². The van der Waals surface area contributed by atoms with Gasteiger partial charge in [0.2, 0.25) is 0 Å². The van der Waals surface area contributed by atoms with Gasteiger partial charge in [0.05, 0.1) is 23.1 Å². The van der Waals surface area contributed by atoms with Crippen molar-refractivity contribution in [3.63, 3.8) is 0 Å². The van der Waals surface area contributed by atoms with Crippen LogP contribution >= 0.6 is 0 Å². The lowest BCUT2D eigenvalue weighted by Crippen LogP contribution is -2.51. The number of pyridine rings is 1. The number of hydrogen-bond acceptors (Lipinski definition) is 9. The van der Waals surface area contributed by atoms with E-state index < -0.39 is 36.2 Å². The number of phenols is 1. The Balaban J connectivity index is 1.20. The number of hydrogen-bond donors (Lipinski definition) is 2. The van der Waals surface area contributed by atoms with E-state index in [2.05, 4.69) is 30.8 Å². The molecule has 4 atom stereocenters. The molecule has 14 heteroatoms. The minimum Gasteiger partial charge on any atom is -0.508 e. The highest BCUT2D eigenvalue weighted by Gasteiger charge is 2.50. The second-order valence-electron chi connectivity index (χ2n) is 13.5. The summed E-state index contributed by atoms with van der Waals surface area (Å²) in [4.78, 5) is 17.9. The fourth-order valence-electron chi connectivity index (χ4n) is 8.42. The molecule has 4 fully saturated rings. The van der Waals surface area contributed by atoms with Crippen LogP contribution < -0.4 is 15.0 Å². The third kappa shape index (κ3) is 5.67. The van der Waals surface area contributed by atoms with E-state index in [9.17, 15) is 22.7 Å². The lowest BCUT2D eigenvalue weighted by Gasteiger charge is -2.35. The summed E-state index contributed by atoms with van der Waals surface area (Å²) in [6.45, 7) is 1.53. The summed E-state index contributed by atoms with van der Waals surface area (Å²) < 4.78 is 80.7. The van der Waals surface area contributed by atoms with Crippen LogP contribution in [0, 0.1) is 24.0 Å². The van der Waals surface area contributed by atoms with E-state index in [1.807, 2.05) is 4.90 Å². The molecular weight excluding hydrogens is 647 g/mol. The van der Waals surface area contributed by atoms with Crippen LogP contribution in [0.15, 0.2) is 30.5 Å². The number of nitrogens with zero attached hydrogens (tertiary/aromatic N) is 5. The molecule has 2 N–H and O–H groups in total. The summed E-state index contributed by atoms with van der Waals surface area (Å²) in [5.41, 5.74) is -0.772. The molecule has 4 aromatic rings. The van der Waals surface area contributed by atoms with E-state index in [-0.39, 0.29) is 58.2 Å². The molecule has 256 valence electrons. The molecule has 9 nitrogen and oxygen atoms in total. The summed E-state index contributed by atoms with van der Waals surface area (Å²) in [7, 11) is 0. The number of piperazine rings is 1. The normalized spacial score (nSPS) is 25.3. The van der Waals surface area contributed by atoms with Crippen LogP contribution in [-0.4, -0.2) is 87.8 Å². The molecule has 0 amide bonds. The van der Waals surface area contributed by atoms with Crippen molar-refractivity contribution in [2.45, 2.75) is 68.6 Å². The number of nitrogens with one attached hydrogen (secondary N) is 1. The smallest absolute Gasteiger partial charge is 0.508 e. The van der Waals surface area contributed by atoms with Crippen molar-refractivity contribution in [3.8, 4) is 35.4 Å². The Bertz CT molecular complexity index is 1990. The van der Waals surface area contributed by atoms with Crippen LogP contribution in [0.3, 0.4) is 0 Å². The van der Waals surface area contributed by atoms with Crippen molar-refractivity contribution in [2.24, 2.45) is 0 Å². The molecule has 2 aromatic carbocycles. The molecule has 0 unspecified atom stereocenters. The maximum absolute atomic E-state index is 16.9. The van der Waals surface area contributed by atoms with Crippen LogP contribution in [-0.2, 0) is 4.74 Å². The molecule has 0 spiro atoms. The molecule has 6 heterocycles. The first-order valence-electron chi connectivity index (χ1n) is 16.4. The quantitative estimate of drug-likeness (QED) is 0.189. The first kappa shape index (κ1) is 31.9. The van der Waals surface area contributed by atoms with E-state index in [1.165, 1.54) is 30.5 Å². The second kappa shape index (κ2) is 11.9. The maximum Gasteiger partial charge on any atom is 0.522 e. The zero-order chi connectivity index (χ0) is 34.1. The SMILES string of the molecule is C#Cc1c(F)ccc2cc(O)cc(-c3ncc4c(N5C[C@H]6CC[C@@H](C5)N6)nc(OC[C@@]56CCCN5[C@H](COC(F)(F)F)CC6)nc4c3F)c12. The van der Waals surface area contributed by atoms with E-state index >= 15 is 4.39 Å². The van der Waals surface area contributed by atoms with Gasteiger partial charge in [0.1, 0.15) is 35.2 Å². The third-order valence-corrected chi connectivity index (χ3v) is 10.6. The van der Waals surface area contributed by atoms with E-state index in [4.69, 9.17) is 16.1 Å². The Hall–Kier alpha value is -4.32. The standard InChI is InChI=1S/C35H33F5N6O3/c1-2-24-27(36)7-4-19-12-23(47)13-25(28(19)24)30-29(37)31-26(14-41-30)32(45-15-20-5-6-21(16-45)42-20)44-33(43-31)48-18-34-9-3-11-46(34)22(8-10-34)17-49-35(38,39)40/h1,4,7,12-14,20-22,42,47H,3,5-6,8-11,15-18H2/t20-,21+,22-,34-/m0/s1. The molecule has 49 heavy (non-hydrogen) atoms. The van der Waals surface area contributed by atoms with Gasteiger partial charge in [-0.1, -0.05) is 12.0 Å². The summed E-state index contributed by atoms with van der Waals surface area (Å²) in [5.74, 6) is 1.12. The number of aromatic hydroxyl groups is 1. The molecule has 0 radical (unpaired) electrons. The van der Waals surface area contributed by atoms with Crippen LogP contribution in [0.25, 0.3) is 32.9 Å². The first-order chi connectivity index (χ1) is 23.5. The van der Waals surface area contributed by atoms with Crippen molar-refractivity contribution in [1.29, 1.82) is 0 Å². The lowest BCUT2D eigenvalue weighted by molar-refractivity contribution is -0.328. The fraction of sp³-hybridized carbons (Fsp3) is 0.457. The van der Waals surface area contributed by atoms with Gasteiger partial charge in [-0.05, 0) is 68.7 Å². The van der Waals surface area contributed by atoms with Gasteiger partial charge in [-0.15, -0.1) is 19.6 Å². The van der Waals surface area contributed by atoms with Gasteiger partial charge in [0, 0.05) is 48.4 Å². The molecule has 4 aliphatic rings. The highest BCUT2D eigenvalue weighted by molar-refractivity contribution is 6.03. The Morgan fingerprint density at radius 2 is 1.88 bits per heavy atom. The van der Waals surface area contributed by atoms with Crippen LogP contribution in [0.5, 0.6) is 11.8 Å². The number of halogens is 5. The summed E-state index contributed by atoms with van der Waals surface area (Å²) in [5, 5.41) is 15.1. The second-order valence-corrected chi connectivity index (χ2v) is 13.5. The Morgan fingerprint density at radius 1 is 1.08 bits per heavy atom. The summed E-state index contributed by atoms with van der Waals surface area (Å²) in [6, 6.07) is 5.35. The molecular formula is C35H33F5N6O3. The molecule has 4 saturated heterocycles. The minimum atomic E-state index is -4.71. The minimum absolute atomic E-state index is 0.0724. The van der Waals surface area contributed by atoms with Gasteiger partial charge in [0.25, 0.3) is 0 Å². The Morgan fingerprint density at radius 3 is 2.63 bits per heavy atom. The largest absolute Gasteiger partial charge is 0.522 e. The highest BCUT2D eigenvalue weighted by atomic mass is 19.4. The number of benzene rings is 2. The molecule has 2 bridgehead atoms. The summed E-state index contributed by atoms with van der Waals surface area (Å²) in [6.07, 6.45) is 7.08. The predicted molar refractivity (Wildman–Crippen MR) is 171 cm³/mol. The topological polar surface area (TPSA) is 95.9 Å². The van der Waals surface area contributed by atoms with Crippen molar-refractivity contribution in [1.82, 2.24) is 25.2 Å². The number of ether oxygens (including phenoxy) is 2. The first-order valence-corrected chi connectivity index (χ1v) is 16.4. The van der Waals surface area contributed by atoms with E-state index in [0.29, 0.717) is 49.1 Å². The van der Waals surface area contributed by atoms with E-state index in [0.717, 1.165) is 25.7 Å². The van der Waals surface area contributed by atoms with Gasteiger partial charge in [0.15, 0.2) is 5.82 Å². The summed E-state index contributed by atoms with van der Waals surface area (Å²) >= 11 is 0. The van der Waals surface area contributed by atoms with Gasteiger partial charge >= 0.3 is 12.4 Å². The molecule has 0 aliphatic carbocycles. The number of anilines is 1. The van der Waals surface area contributed by atoms with Crippen molar-refractivity contribution in [2.75, 3.05) is 37.7 Å².